The van der Waals surface area contributed by atoms with E-state index < -0.39 is 0 Å². The van der Waals surface area contributed by atoms with Crippen molar-refractivity contribution in [2.24, 2.45) is 0 Å². The molecule has 2 aliphatic heterocycles. The van der Waals surface area contributed by atoms with Crippen LogP contribution in [0.3, 0.4) is 0 Å². The Morgan fingerprint density at radius 1 is 1.67 bits per heavy atom. The Kier molecular flexibility index (Phi) is 1.79. The summed E-state index contributed by atoms with van der Waals surface area (Å²) in [7, 11) is 0. The van der Waals surface area contributed by atoms with Crippen LogP contribution in [0.4, 0.5) is 0 Å². The summed E-state index contributed by atoms with van der Waals surface area (Å²) in [5, 5.41) is 3.31. The maximum Gasteiger partial charge on any atom is 0.230 e. The highest BCUT2D eigenvalue weighted by atomic mass is 16.2. The number of carbonyl (C=O) groups excluding carboxylic acids is 1. The largest absolute Gasteiger partial charge is 0.369 e. The summed E-state index contributed by atoms with van der Waals surface area (Å²) in [5.74, 6) is 1.30. The van der Waals surface area contributed by atoms with Crippen molar-refractivity contribution in [3.8, 4) is 0 Å². The van der Waals surface area contributed by atoms with Crippen LogP contribution in [0.25, 0.3) is 0 Å². The molecule has 12 heavy (non-hydrogen) atoms. The maximum atomic E-state index is 11.5. The summed E-state index contributed by atoms with van der Waals surface area (Å²) in [6.07, 6.45) is 4.96. The molecule has 0 saturated carbocycles. The zero-order valence-corrected chi connectivity index (χ0v) is 7.34. The molecule has 0 aliphatic carbocycles. The van der Waals surface area contributed by atoms with E-state index in [4.69, 9.17) is 0 Å². The highest BCUT2D eigenvalue weighted by Crippen LogP contribution is 2.19. The molecule has 0 aromatic heterocycles. The van der Waals surface area contributed by atoms with Gasteiger partial charge in [-0.05, 0) is 25.8 Å². The van der Waals surface area contributed by atoms with Crippen LogP contribution in [-0.4, -0.2) is 23.4 Å². The highest BCUT2D eigenvalue weighted by Gasteiger charge is 2.27. The normalized spacial score (nSPS) is 29.1. The molecule has 1 amide bonds. The standard InChI is InChI=1S/C9H14N2O/c1-7-6-9(12)11-5-3-2-4-8(11)10-7/h4,7,10H,2-3,5-6H2,1H3. The second kappa shape index (κ2) is 2.81. The second-order valence-corrected chi connectivity index (χ2v) is 3.53. The number of nitrogens with one attached hydrogen (secondary N) is 1. The molecular weight excluding hydrogens is 152 g/mol. The predicted octanol–water partition coefficient (Wildman–Crippen LogP) is 0.832. The summed E-state index contributed by atoms with van der Waals surface area (Å²) in [6, 6.07) is 0.304. The number of nitrogens with zero attached hydrogens (tertiary/aromatic N) is 1. The molecule has 0 spiro atoms. The minimum atomic E-state index is 0.271. The summed E-state index contributed by atoms with van der Waals surface area (Å²) in [6.45, 7) is 2.94. The molecule has 0 bridgehead atoms. The fourth-order valence-electron chi connectivity index (χ4n) is 1.79. The van der Waals surface area contributed by atoms with Crippen LogP contribution < -0.4 is 5.32 Å². The van der Waals surface area contributed by atoms with E-state index >= 15 is 0 Å². The smallest absolute Gasteiger partial charge is 0.230 e. The van der Waals surface area contributed by atoms with E-state index in [0.717, 1.165) is 25.2 Å². The molecule has 1 unspecified atom stereocenters. The lowest BCUT2D eigenvalue weighted by atomic mass is 10.1. The third kappa shape index (κ3) is 1.19. The topological polar surface area (TPSA) is 32.3 Å². The molecule has 1 atom stereocenters. The lowest BCUT2D eigenvalue weighted by Crippen LogP contribution is -2.49. The van der Waals surface area contributed by atoms with Gasteiger partial charge in [-0.1, -0.05) is 0 Å². The van der Waals surface area contributed by atoms with Crippen LogP contribution in [0.15, 0.2) is 11.9 Å². The van der Waals surface area contributed by atoms with Crippen molar-refractivity contribution in [1.29, 1.82) is 0 Å². The van der Waals surface area contributed by atoms with Crippen LogP contribution in [0, 0.1) is 0 Å². The first-order chi connectivity index (χ1) is 5.77. The van der Waals surface area contributed by atoms with Gasteiger partial charge in [0.1, 0.15) is 5.82 Å². The van der Waals surface area contributed by atoms with E-state index in [1.165, 1.54) is 0 Å². The van der Waals surface area contributed by atoms with Crippen molar-refractivity contribution < 1.29 is 4.79 Å². The van der Waals surface area contributed by atoms with E-state index in [-0.39, 0.29) is 5.91 Å². The lowest BCUT2D eigenvalue weighted by molar-refractivity contribution is -0.132. The first kappa shape index (κ1) is 7.65. The first-order valence-electron chi connectivity index (χ1n) is 4.54. The number of allylic oxidation sites excluding steroid dienone is 1. The summed E-state index contributed by atoms with van der Waals surface area (Å²) >= 11 is 0. The molecule has 2 aliphatic rings. The minimum Gasteiger partial charge on any atom is -0.369 e. The molecule has 1 saturated heterocycles. The van der Waals surface area contributed by atoms with Gasteiger partial charge < -0.3 is 5.32 Å². The Balaban J connectivity index is 2.20. The van der Waals surface area contributed by atoms with Crippen LogP contribution in [0.1, 0.15) is 26.2 Å². The average Bonchev–Trinajstić information content (AvgIpc) is 2.04. The predicted molar refractivity (Wildman–Crippen MR) is 46.2 cm³/mol. The number of amides is 1. The number of carbonyl (C=O) groups is 1. The van der Waals surface area contributed by atoms with Crippen LogP contribution >= 0.6 is 0 Å². The van der Waals surface area contributed by atoms with Gasteiger partial charge in [-0.25, -0.2) is 0 Å². The molecule has 2 heterocycles. The van der Waals surface area contributed by atoms with Gasteiger partial charge in [0.05, 0.1) is 0 Å². The number of fused-ring (bicyclic) bond motifs is 1. The Morgan fingerprint density at radius 3 is 3.33 bits per heavy atom. The van der Waals surface area contributed by atoms with Gasteiger partial charge in [-0.2, -0.15) is 0 Å². The van der Waals surface area contributed by atoms with Gasteiger partial charge >= 0.3 is 0 Å². The van der Waals surface area contributed by atoms with Crippen molar-refractivity contribution >= 4 is 5.91 Å². The Labute approximate surface area is 72.4 Å². The van der Waals surface area contributed by atoms with Gasteiger partial charge in [-0.3, -0.25) is 9.69 Å². The van der Waals surface area contributed by atoms with Crippen LogP contribution in [0.2, 0.25) is 0 Å². The van der Waals surface area contributed by atoms with Crippen molar-refractivity contribution in [2.75, 3.05) is 6.54 Å². The fraction of sp³-hybridized carbons (Fsp3) is 0.667. The molecule has 2 rings (SSSR count). The average molecular weight is 166 g/mol. The molecule has 1 N–H and O–H groups in total. The molecule has 0 radical (unpaired) electrons. The third-order valence-corrected chi connectivity index (χ3v) is 2.39. The van der Waals surface area contributed by atoms with Gasteiger partial charge in [0.25, 0.3) is 0 Å². The monoisotopic (exact) mass is 166 g/mol. The molecule has 3 nitrogen and oxygen atoms in total. The van der Waals surface area contributed by atoms with Crippen molar-refractivity contribution in [3.05, 3.63) is 11.9 Å². The van der Waals surface area contributed by atoms with E-state index in [2.05, 4.69) is 11.4 Å². The van der Waals surface area contributed by atoms with Crippen LogP contribution in [0.5, 0.6) is 0 Å². The van der Waals surface area contributed by atoms with Crippen molar-refractivity contribution in [2.45, 2.75) is 32.2 Å². The van der Waals surface area contributed by atoms with Gasteiger partial charge in [-0.15, -0.1) is 0 Å². The SMILES string of the molecule is CC1CC(=O)N2CCCC=C2N1. The highest BCUT2D eigenvalue weighted by molar-refractivity contribution is 5.79. The Morgan fingerprint density at radius 2 is 2.50 bits per heavy atom. The van der Waals surface area contributed by atoms with Crippen LogP contribution in [-0.2, 0) is 4.79 Å². The van der Waals surface area contributed by atoms with Gasteiger partial charge in [0.2, 0.25) is 5.91 Å². The van der Waals surface area contributed by atoms with E-state index in [0.29, 0.717) is 12.5 Å². The quantitative estimate of drug-likeness (QED) is 0.578. The van der Waals surface area contributed by atoms with E-state index in [9.17, 15) is 4.79 Å². The number of rotatable bonds is 0. The molecule has 66 valence electrons. The Hall–Kier alpha value is -0.990. The fourth-order valence-corrected chi connectivity index (χ4v) is 1.79. The van der Waals surface area contributed by atoms with Crippen molar-refractivity contribution in [1.82, 2.24) is 10.2 Å². The van der Waals surface area contributed by atoms with E-state index in [1.54, 1.807) is 0 Å². The second-order valence-electron chi connectivity index (χ2n) is 3.53. The molecular formula is C9H14N2O. The minimum absolute atomic E-state index is 0.271. The molecule has 3 heteroatoms. The van der Waals surface area contributed by atoms with Gasteiger partial charge in [0, 0.05) is 19.0 Å². The summed E-state index contributed by atoms with van der Waals surface area (Å²) < 4.78 is 0. The third-order valence-electron chi connectivity index (χ3n) is 2.39. The summed E-state index contributed by atoms with van der Waals surface area (Å²) in [5.41, 5.74) is 0. The zero-order valence-electron chi connectivity index (χ0n) is 7.34. The Bertz CT molecular complexity index is 235. The van der Waals surface area contributed by atoms with Gasteiger partial charge in [0.15, 0.2) is 0 Å². The zero-order chi connectivity index (χ0) is 8.55. The maximum absolute atomic E-state index is 11.5. The first-order valence-corrected chi connectivity index (χ1v) is 4.54. The molecule has 0 aromatic carbocycles. The molecule has 1 fully saturated rings. The van der Waals surface area contributed by atoms with Crippen molar-refractivity contribution in [3.63, 3.8) is 0 Å². The number of hydrogen-bond donors (Lipinski definition) is 1. The number of hydrogen-bond acceptors (Lipinski definition) is 2. The van der Waals surface area contributed by atoms with E-state index in [1.807, 2.05) is 11.8 Å². The molecule has 0 aromatic rings. The lowest BCUT2D eigenvalue weighted by Gasteiger charge is -2.36. The summed E-state index contributed by atoms with van der Waals surface area (Å²) in [4.78, 5) is 13.3.